The number of ether oxygens (including phenoxy) is 1. The van der Waals surface area contributed by atoms with Crippen LogP contribution in [0.2, 0.25) is 0 Å². The lowest BCUT2D eigenvalue weighted by Crippen LogP contribution is -2.64. The Balaban J connectivity index is 1.82. The number of nitrogens with two attached hydrogens (primary N) is 1. The fourth-order valence-corrected chi connectivity index (χ4v) is 3.18. The molecule has 2 fully saturated rings. The highest BCUT2D eigenvalue weighted by molar-refractivity contribution is 5.04. The molecule has 3 N–H and O–H groups in total. The van der Waals surface area contributed by atoms with Crippen molar-refractivity contribution in [3.8, 4) is 0 Å². The third kappa shape index (κ3) is 2.76. The molecule has 0 atom stereocenters. The van der Waals surface area contributed by atoms with Gasteiger partial charge in [0.1, 0.15) is 0 Å². The average molecular weight is 226 g/mol. The zero-order valence-corrected chi connectivity index (χ0v) is 10.5. The van der Waals surface area contributed by atoms with Gasteiger partial charge in [-0.05, 0) is 25.7 Å². The Morgan fingerprint density at radius 1 is 1.19 bits per heavy atom. The molecule has 0 aliphatic heterocycles. The van der Waals surface area contributed by atoms with Crippen LogP contribution in [0.1, 0.15) is 51.4 Å². The molecule has 0 unspecified atom stereocenters. The first-order valence-corrected chi connectivity index (χ1v) is 6.78. The fraction of sp³-hybridized carbons (Fsp3) is 1.00. The van der Waals surface area contributed by atoms with Gasteiger partial charge in [-0.15, -0.1) is 0 Å². The quantitative estimate of drug-likeness (QED) is 0.719. The number of rotatable bonds is 4. The van der Waals surface area contributed by atoms with Crippen LogP contribution in [0.25, 0.3) is 0 Å². The van der Waals surface area contributed by atoms with Crippen molar-refractivity contribution in [3.63, 3.8) is 0 Å². The van der Waals surface area contributed by atoms with Gasteiger partial charge in [0.2, 0.25) is 0 Å². The average Bonchev–Trinajstić information content (AvgIpc) is 2.51. The Morgan fingerprint density at radius 3 is 2.31 bits per heavy atom. The molecule has 0 radical (unpaired) electrons. The van der Waals surface area contributed by atoms with Gasteiger partial charge in [0, 0.05) is 25.2 Å². The van der Waals surface area contributed by atoms with E-state index in [1.54, 1.807) is 7.11 Å². The molecule has 0 bridgehead atoms. The normalized spacial score (nSPS) is 36.8. The number of nitrogens with one attached hydrogen (secondary N) is 1. The van der Waals surface area contributed by atoms with Gasteiger partial charge >= 0.3 is 0 Å². The molecule has 0 heterocycles. The second-order valence-electron chi connectivity index (χ2n) is 5.58. The van der Waals surface area contributed by atoms with Crippen molar-refractivity contribution in [1.82, 2.24) is 5.32 Å². The van der Waals surface area contributed by atoms with E-state index in [1.807, 2.05) is 0 Å². The third-order valence-electron chi connectivity index (χ3n) is 4.33. The summed E-state index contributed by atoms with van der Waals surface area (Å²) in [7, 11) is 1.80. The Hall–Kier alpha value is -0.120. The molecule has 2 aliphatic carbocycles. The monoisotopic (exact) mass is 226 g/mol. The largest absolute Gasteiger partial charge is 0.381 e. The lowest BCUT2D eigenvalue weighted by molar-refractivity contribution is -0.0317. The van der Waals surface area contributed by atoms with E-state index in [0.29, 0.717) is 12.1 Å². The molecular formula is C13H26N2O. The van der Waals surface area contributed by atoms with Gasteiger partial charge in [-0.1, -0.05) is 25.7 Å². The first kappa shape index (κ1) is 12.3. The molecule has 0 spiro atoms. The molecule has 2 rings (SSSR count). The molecular weight excluding hydrogens is 200 g/mol. The highest BCUT2D eigenvalue weighted by Crippen LogP contribution is 2.35. The van der Waals surface area contributed by atoms with Crippen LogP contribution in [-0.2, 0) is 4.74 Å². The Bertz CT molecular complexity index is 206. The summed E-state index contributed by atoms with van der Waals surface area (Å²) in [5.74, 6) is 0. The van der Waals surface area contributed by atoms with Crippen LogP contribution in [-0.4, -0.2) is 31.3 Å². The molecule has 94 valence electrons. The van der Waals surface area contributed by atoms with E-state index in [9.17, 15) is 0 Å². The summed E-state index contributed by atoms with van der Waals surface area (Å²) in [6.07, 6.45) is 10.9. The Labute approximate surface area is 99.1 Å². The van der Waals surface area contributed by atoms with Crippen molar-refractivity contribution in [3.05, 3.63) is 0 Å². The van der Waals surface area contributed by atoms with Crippen LogP contribution < -0.4 is 11.1 Å². The lowest BCUT2D eigenvalue weighted by atomic mass is 9.73. The van der Waals surface area contributed by atoms with Crippen LogP contribution in [0, 0.1) is 0 Å². The summed E-state index contributed by atoms with van der Waals surface area (Å²) in [6, 6.07) is 0.698. The highest BCUT2D eigenvalue weighted by atomic mass is 16.5. The maximum atomic E-state index is 5.92. The zero-order chi connectivity index (χ0) is 11.4. The predicted octanol–water partition coefficient (Wildman–Crippen LogP) is 1.81. The molecule has 2 aliphatic rings. The van der Waals surface area contributed by atoms with Crippen molar-refractivity contribution >= 4 is 0 Å². The highest BCUT2D eigenvalue weighted by Gasteiger charge is 2.44. The number of hydrogen-bond acceptors (Lipinski definition) is 3. The van der Waals surface area contributed by atoms with Crippen molar-refractivity contribution in [2.75, 3.05) is 13.7 Å². The van der Waals surface area contributed by atoms with E-state index in [1.165, 1.54) is 38.5 Å². The van der Waals surface area contributed by atoms with Gasteiger partial charge in [0.05, 0.1) is 6.10 Å². The maximum absolute atomic E-state index is 5.92. The Morgan fingerprint density at radius 2 is 1.81 bits per heavy atom. The fourth-order valence-electron chi connectivity index (χ4n) is 3.18. The summed E-state index contributed by atoms with van der Waals surface area (Å²) in [5, 5.41) is 3.82. The topological polar surface area (TPSA) is 47.3 Å². The summed E-state index contributed by atoms with van der Waals surface area (Å²) in [4.78, 5) is 0. The van der Waals surface area contributed by atoms with Gasteiger partial charge in [0.15, 0.2) is 0 Å². The summed E-state index contributed by atoms with van der Waals surface area (Å²) >= 11 is 0. The van der Waals surface area contributed by atoms with Crippen molar-refractivity contribution in [2.45, 2.75) is 69.1 Å². The molecule has 0 aromatic rings. The van der Waals surface area contributed by atoms with Gasteiger partial charge in [-0.2, -0.15) is 0 Å². The minimum atomic E-state index is 0.190. The molecule has 3 nitrogen and oxygen atoms in total. The first-order valence-electron chi connectivity index (χ1n) is 6.78. The maximum Gasteiger partial charge on any atom is 0.0607 e. The van der Waals surface area contributed by atoms with Gasteiger partial charge in [-0.3, -0.25) is 0 Å². The molecule has 16 heavy (non-hydrogen) atoms. The van der Waals surface area contributed by atoms with E-state index >= 15 is 0 Å². The summed E-state index contributed by atoms with van der Waals surface area (Å²) < 4.78 is 5.36. The van der Waals surface area contributed by atoms with Crippen molar-refractivity contribution in [1.29, 1.82) is 0 Å². The minimum Gasteiger partial charge on any atom is -0.381 e. The zero-order valence-electron chi connectivity index (χ0n) is 10.5. The Kier molecular flexibility index (Phi) is 4.22. The van der Waals surface area contributed by atoms with Gasteiger partial charge < -0.3 is 15.8 Å². The summed E-state index contributed by atoms with van der Waals surface area (Å²) in [6.45, 7) is 0.753. The molecule has 0 aromatic heterocycles. The third-order valence-corrected chi connectivity index (χ3v) is 4.33. The first-order chi connectivity index (χ1) is 7.78. The van der Waals surface area contributed by atoms with Crippen LogP contribution in [0.3, 0.4) is 0 Å². The molecule has 0 aromatic carbocycles. The predicted molar refractivity (Wildman–Crippen MR) is 66.4 cm³/mol. The van der Waals surface area contributed by atoms with Crippen LogP contribution in [0.15, 0.2) is 0 Å². The van der Waals surface area contributed by atoms with E-state index < -0.39 is 0 Å². The van der Waals surface area contributed by atoms with E-state index in [0.717, 1.165) is 19.4 Å². The van der Waals surface area contributed by atoms with E-state index in [4.69, 9.17) is 10.5 Å². The smallest absolute Gasteiger partial charge is 0.0607 e. The van der Waals surface area contributed by atoms with Gasteiger partial charge in [-0.25, -0.2) is 0 Å². The number of hydrogen-bond donors (Lipinski definition) is 2. The minimum absolute atomic E-state index is 0.190. The van der Waals surface area contributed by atoms with Crippen molar-refractivity contribution < 1.29 is 4.74 Å². The molecule has 2 saturated carbocycles. The second kappa shape index (κ2) is 5.48. The van der Waals surface area contributed by atoms with Gasteiger partial charge in [0.25, 0.3) is 0 Å². The molecule has 0 amide bonds. The van der Waals surface area contributed by atoms with Crippen LogP contribution >= 0.6 is 0 Å². The SMILES string of the molecule is COC1CC(CN)(NC2CCCCCC2)C1. The number of methoxy groups -OCH3 is 1. The molecule has 3 heteroatoms. The van der Waals surface area contributed by atoms with Crippen LogP contribution in [0.5, 0.6) is 0 Å². The lowest BCUT2D eigenvalue weighted by Gasteiger charge is -2.49. The molecule has 0 saturated heterocycles. The second-order valence-corrected chi connectivity index (χ2v) is 5.58. The van der Waals surface area contributed by atoms with E-state index in [-0.39, 0.29) is 5.54 Å². The summed E-state index contributed by atoms with van der Waals surface area (Å²) in [5.41, 5.74) is 6.11. The standard InChI is InChI=1S/C13H26N2O/c1-16-12-8-13(9-12,10-14)15-11-6-4-2-3-5-7-11/h11-12,15H,2-10,14H2,1H3. The van der Waals surface area contributed by atoms with Crippen LogP contribution in [0.4, 0.5) is 0 Å². The van der Waals surface area contributed by atoms with E-state index in [2.05, 4.69) is 5.32 Å². The van der Waals surface area contributed by atoms with Crippen molar-refractivity contribution in [2.24, 2.45) is 5.73 Å².